The Labute approximate surface area is 70.0 Å². The van der Waals surface area contributed by atoms with Crippen molar-refractivity contribution in [3.8, 4) is 0 Å². The van der Waals surface area contributed by atoms with Crippen LogP contribution < -0.4 is 16.5 Å². The fourth-order valence-electron chi connectivity index (χ4n) is 1.21. The van der Waals surface area contributed by atoms with Gasteiger partial charge in [0.2, 0.25) is 5.52 Å². The predicted octanol–water partition coefficient (Wildman–Crippen LogP) is 0.818. The Morgan fingerprint density at radius 3 is 2.58 bits per heavy atom. The number of nitrogens with two attached hydrogens (primary N) is 2. The second kappa shape index (κ2) is 2.37. The van der Waals surface area contributed by atoms with Gasteiger partial charge >= 0.3 is 0 Å². The van der Waals surface area contributed by atoms with E-state index in [-0.39, 0.29) is 0 Å². The minimum atomic E-state index is 0.716. The number of hydrogen-bond acceptors (Lipinski definition) is 2. The number of fused-ring (bicyclic) bond motifs is 1. The van der Waals surface area contributed by atoms with Gasteiger partial charge in [0.25, 0.3) is 0 Å². The molecule has 0 atom stereocenters. The Morgan fingerprint density at radius 2 is 1.75 bits per heavy atom. The van der Waals surface area contributed by atoms with Crippen molar-refractivity contribution in [1.82, 2.24) is 0 Å². The number of H-pyrrole nitrogens is 1. The highest BCUT2D eigenvalue weighted by atomic mass is 14.7. The van der Waals surface area contributed by atoms with Crippen molar-refractivity contribution in [3.63, 3.8) is 0 Å². The van der Waals surface area contributed by atoms with E-state index < -0.39 is 0 Å². The summed E-state index contributed by atoms with van der Waals surface area (Å²) in [4.78, 5) is 3.07. The van der Waals surface area contributed by atoms with Gasteiger partial charge in [0, 0.05) is 11.8 Å². The molecule has 0 bridgehead atoms. The lowest BCUT2D eigenvalue weighted by Gasteiger charge is -1.94. The quantitative estimate of drug-likeness (QED) is 0.560. The van der Waals surface area contributed by atoms with Gasteiger partial charge in [0.15, 0.2) is 6.20 Å². The van der Waals surface area contributed by atoms with E-state index in [1.807, 2.05) is 24.3 Å². The summed E-state index contributed by atoms with van der Waals surface area (Å²) in [5.41, 5.74) is 13.7. The topological polar surface area (TPSA) is 66.2 Å². The van der Waals surface area contributed by atoms with Crippen molar-refractivity contribution in [2.24, 2.45) is 0 Å². The SMILES string of the molecule is Nc1ccc2[nH+]cc(N)cc2c1. The van der Waals surface area contributed by atoms with Crippen molar-refractivity contribution in [2.45, 2.75) is 0 Å². The molecule has 12 heavy (non-hydrogen) atoms. The van der Waals surface area contributed by atoms with Gasteiger partial charge in [-0.2, -0.15) is 0 Å². The highest BCUT2D eigenvalue weighted by molar-refractivity contribution is 5.81. The zero-order valence-electron chi connectivity index (χ0n) is 6.54. The van der Waals surface area contributed by atoms with Crippen LogP contribution in [0.2, 0.25) is 0 Å². The number of pyridine rings is 1. The molecule has 1 heterocycles. The molecule has 0 radical (unpaired) electrons. The van der Waals surface area contributed by atoms with Crippen LogP contribution in [0.4, 0.5) is 11.4 Å². The summed E-state index contributed by atoms with van der Waals surface area (Å²) in [5.74, 6) is 0. The fourth-order valence-corrected chi connectivity index (χ4v) is 1.21. The maximum Gasteiger partial charge on any atom is 0.211 e. The highest BCUT2D eigenvalue weighted by Gasteiger charge is 2.00. The first kappa shape index (κ1) is 6.91. The Kier molecular flexibility index (Phi) is 1.37. The van der Waals surface area contributed by atoms with E-state index in [1.54, 1.807) is 6.20 Å². The maximum absolute atomic E-state index is 5.62. The molecule has 0 spiro atoms. The molecule has 0 fully saturated rings. The molecule has 0 saturated carbocycles. The van der Waals surface area contributed by atoms with Crippen LogP contribution in [0.5, 0.6) is 0 Å². The van der Waals surface area contributed by atoms with Crippen molar-refractivity contribution >= 4 is 22.3 Å². The second-order valence-electron chi connectivity index (χ2n) is 2.78. The number of aromatic nitrogens is 1. The summed E-state index contributed by atoms with van der Waals surface area (Å²) in [6, 6.07) is 7.57. The molecule has 0 saturated heterocycles. The van der Waals surface area contributed by atoms with Gasteiger partial charge < -0.3 is 11.5 Å². The number of rotatable bonds is 0. The number of aromatic amines is 1. The van der Waals surface area contributed by atoms with Crippen LogP contribution in [-0.4, -0.2) is 0 Å². The zero-order chi connectivity index (χ0) is 8.55. The molecule has 60 valence electrons. The third kappa shape index (κ3) is 1.05. The minimum Gasteiger partial charge on any atom is -0.399 e. The predicted molar refractivity (Wildman–Crippen MR) is 49.3 cm³/mol. The molecule has 1 aromatic heterocycles. The zero-order valence-corrected chi connectivity index (χ0v) is 6.54. The Balaban J connectivity index is 2.80. The standard InChI is InChI=1S/C9H9N3/c10-7-1-2-9-6(3-7)4-8(11)5-12-9/h1-5H,10-11H2/p+1. The molecule has 0 aliphatic rings. The first-order chi connectivity index (χ1) is 5.75. The van der Waals surface area contributed by atoms with Crippen molar-refractivity contribution < 1.29 is 4.98 Å². The van der Waals surface area contributed by atoms with Crippen LogP contribution >= 0.6 is 0 Å². The van der Waals surface area contributed by atoms with Gasteiger partial charge in [-0.05, 0) is 18.2 Å². The molecule has 0 amide bonds. The normalized spacial score (nSPS) is 10.3. The molecule has 5 N–H and O–H groups in total. The molecule has 2 rings (SSSR count). The summed E-state index contributed by atoms with van der Waals surface area (Å²) < 4.78 is 0. The summed E-state index contributed by atoms with van der Waals surface area (Å²) in [6.07, 6.45) is 1.76. The van der Waals surface area contributed by atoms with E-state index in [2.05, 4.69) is 4.98 Å². The fraction of sp³-hybridized carbons (Fsp3) is 0. The number of benzene rings is 1. The van der Waals surface area contributed by atoms with Gasteiger partial charge in [-0.1, -0.05) is 0 Å². The van der Waals surface area contributed by atoms with Crippen molar-refractivity contribution in [3.05, 3.63) is 30.5 Å². The average molecular weight is 160 g/mol. The minimum absolute atomic E-state index is 0.716. The van der Waals surface area contributed by atoms with Crippen molar-refractivity contribution in [1.29, 1.82) is 0 Å². The molecule has 3 nitrogen and oxygen atoms in total. The second-order valence-corrected chi connectivity index (χ2v) is 2.78. The molecular weight excluding hydrogens is 150 g/mol. The maximum atomic E-state index is 5.62. The van der Waals surface area contributed by atoms with Crippen LogP contribution in [0, 0.1) is 0 Å². The summed E-state index contributed by atoms with van der Waals surface area (Å²) >= 11 is 0. The molecule has 0 unspecified atom stereocenters. The van der Waals surface area contributed by atoms with E-state index in [1.165, 1.54) is 0 Å². The average Bonchev–Trinajstić information content (AvgIpc) is 2.03. The first-order valence-electron chi connectivity index (χ1n) is 3.72. The van der Waals surface area contributed by atoms with Crippen LogP contribution in [-0.2, 0) is 0 Å². The summed E-state index contributed by atoms with van der Waals surface area (Å²) in [7, 11) is 0. The lowest BCUT2D eigenvalue weighted by Crippen LogP contribution is -2.04. The summed E-state index contributed by atoms with van der Waals surface area (Å²) in [6.45, 7) is 0. The van der Waals surface area contributed by atoms with Crippen LogP contribution in [0.1, 0.15) is 0 Å². The monoisotopic (exact) mass is 160 g/mol. The van der Waals surface area contributed by atoms with E-state index in [9.17, 15) is 0 Å². The molecule has 0 aliphatic carbocycles. The number of anilines is 2. The molecule has 3 heteroatoms. The third-order valence-corrected chi connectivity index (χ3v) is 1.79. The smallest absolute Gasteiger partial charge is 0.211 e. The van der Waals surface area contributed by atoms with Gasteiger partial charge in [0.1, 0.15) is 0 Å². The highest BCUT2D eigenvalue weighted by Crippen LogP contribution is 2.14. The number of nitrogens with one attached hydrogen (secondary N) is 1. The Hall–Kier alpha value is -1.77. The lowest BCUT2D eigenvalue weighted by atomic mass is 10.2. The van der Waals surface area contributed by atoms with Gasteiger partial charge in [0.05, 0.1) is 11.1 Å². The van der Waals surface area contributed by atoms with E-state index in [0.717, 1.165) is 16.6 Å². The van der Waals surface area contributed by atoms with E-state index in [0.29, 0.717) is 5.69 Å². The molecular formula is C9H10N3+. The first-order valence-corrected chi connectivity index (χ1v) is 3.72. The van der Waals surface area contributed by atoms with Gasteiger partial charge in [-0.15, -0.1) is 0 Å². The summed E-state index contributed by atoms with van der Waals surface area (Å²) in [5, 5.41) is 1.04. The third-order valence-electron chi connectivity index (χ3n) is 1.79. The van der Waals surface area contributed by atoms with Crippen molar-refractivity contribution in [2.75, 3.05) is 11.5 Å². The Morgan fingerprint density at radius 1 is 1.00 bits per heavy atom. The van der Waals surface area contributed by atoms with Gasteiger partial charge in [-0.3, -0.25) is 0 Å². The van der Waals surface area contributed by atoms with Gasteiger partial charge in [-0.25, -0.2) is 4.98 Å². The number of nitrogen functional groups attached to an aromatic ring is 2. The van der Waals surface area contributed by atoms with E-state index >= 15 is 0 Å². The van der Waals surface area contributed by atoms with Crippen LogP contribution in [0.25, 0.3) is 10.9 Å². The van der Waals surface area contributed by atoms with E-state index in [4.69, 9.17) is 11.5 Å². The molecule has 0 aliphatic heterocycles. The molecule has 1 aromatic carbocycles. The number of hydrogen-bond donors (Lipinski definition) is 2. The van der Waals surface area contributed by atoms with Crippen LogP contribution in [0.15, 0.2) is 30.5 Å². The van der Waals surface area contributed by atoms with Crippen LogP contribution in [0.3, 0.4) is 0 Å². The molecule has 2 aromatic rings. The Bertz CT molecular complexity index is 386. The lowest BCUT2D eigenvalue weighted by molar-refractivity contribution is -0.343. The largest absolute Gasteiger partial charge is 0.399 e.